The molecule has 1 aromatic rings. The molecular formula is C12H17NO. The second-order valence-electron chi connectivity index (χ2n) is 3.97. The highest BCUT2D eigenvalue weighted by molar-refractivity contribution is 5.33. The summed E-state index contributed by atoms with van der Waals surface area (Å²) >= 11 is 0. The molecule has 0 atom stereocenters. The number of hydrogen-bond donors (Lipinski definition) is 1. The molecule has 76 valence electrons. The molecule has 0 spiro atoms. The van der Waals surface area contributed by atoms with Crippen LogP contribution in [0.3, 0.4) is 0 Å². The van der Waals surface area contributed by atoms with Crippen LogP contribution in [0.1, 0.15) is 24.0 Å². The van der Waals surface area contributed by atoms with E-state index in [4.69, 9.17) is 4.74 Å². The Balaban J connectivity index is 2.22. The van der Waals surface area contributed by atoms with Crippen LogP contribution in [0.5, 0.6) is 0 Å². The van der Waals surface area contributed by atoms with Gasteiger partial charge in [-0.1, -0.05) is 24.3 Å². The monoisotopic (exact) mass is 191 g/mol. The normalized spacial score (nSPS) is 18.1. The van der Waals surface area contributed by atoms with Crippen LogP contribution < -0.4 is 5.32 Å². The van der Waals surface area contributed by atoms with Crippen molar-refractivity contribution in [3.05, 3.63) is 35.4 Å². The van der Waals surface area contributed by atoms with Crippen LogP contribution in [-0.2, 0) is 16.9 Å². The predicted molar refractivity (Wildman–Crippen MR) is 57.1 cm³/mol. The lowest BCUT2D eigenvalue weighted by molar-refractivity contribution is 0.185. The van der Waals surface area contributed by atoms with E-state index in [9.17, 15) is 0 Å². The molecule has 0 heterocycles. The third-order valence-corrected chi connectivity index (χ3v) is 3.02. The van der Waals surface area contributed by atoms with Gasteiger partial charge in [0, 0.05) is 12.6 Å². The van der Waals surface area contributed by atoms with Gasteiger partial charge < -0.3 is 10.1 Å². The van der Waals surface area contributed by atoms with Gasteiger partial charge >= 0.3 is 0 Å². The van der Waals surface area contributed by atoms with E-state index in [1.54, 1.807) is 7.11 Å². The minimum atomic E-state index is 0.268. The number of benzene rings is 1. The summed E-state index contributed by atoms with van der Waals surface area (Å²) in [6, 6.07) is 8.66. The molecule has 0 bridgehead atoms. The first kappa shape index (κ1) is 9.69. The van der Waals surface area contributed by atoms with Gasteiger partial charge in [-0.05, 0) is 31.0 Å². The van der Waals surface area contributed by atoms with Crippen molar-refractivity contribution in [1.29, 1.82) is 0 Å². The smallest absolute Gasteiger partial charge is 0.0713 e. The van der Waals surface area contributed by atoms with E-state index in [0.29, 0.717) is 6.61 Å². The average Bonchev–Trinajstić information content (AvgIpc) is 2.99. The maximum Gasteiger partial charge on any atom is 0.0713 e. The van der Waals surface area contributed by atoms with Gasteiger partial charge in [-0.15, -0.1) is 0 Å². The zero-order chi connectivity index (χ0) is 10.0. The number of methoxy groups -OCH3 is 1. The summed E-state index contributed by atoms with van der Waals surface area (Å²) in [5, 5.41) is 3.40. The Labute approximate surface area is 85.3 Å². The molecular weight excluding hydrogens is 174 g/mol. The Bertz CT molecular complexity index is 318. The largest absolute Gasteiger partial charge is 0.380 e. The van der Waals surface area contributed by atoms with Crippen LogP contribution in [0.4, 0.5) is 0 Å². The summed E-state index contributed by atoms with van der Waals surface area (Å²) < 4.78 is 5.13. The average molecular weight is 191 g/mol. The minimum absolute atomic E-state index is 0.268. The van der Waals surface area contributed by atoms with Crippen molar-refractivity contribution >= 4 is 0 Å². The molecule has 0 aromatic heterocycles. The van der Waals surface area contributed by atoms with Crippen LogP contribution in [0.15, 0.2) is 24.3 Å². The first-order valence-corrected chi connectivity index (χ1v) is 5.08. The molecule has 0 aliphatic heterocycles. The quantitative estimate of drug-likeness (QED) is 0.786. The lowest BCUT2D eigenvalue weighted by Crippen LogP contribution is -2.24. The Morgan fingerprint density at radius 3 is 2.79 bits per heavy atom. The van der Waals surface area contributed by atoms with Crippen LogP contribution in [0, 0.1) is 0 Å². The summed E-state index contributed by atoms with van der Waals surface area (Å²) in [5.74, 6) is 0. The van der Waals surface area contributed by atoms with E-state index >= 15 is 0 Å². The number of rotatable bonds is 4. The van der Waals surface area contributed by atoms with Gasteiger partial charge in [0.05, 0.1) is 6.61 Å². The standard InChI is InChI=1S/C12H17NO/c1-13-12(6-7-12)11-5-3-4-10(8-11)9-14-2/h3-5,8,13H,6-7,9H2,1-2H3. The van der Waals surface area contributed by atoms with Crippen molar-refractivity contribution in [2.24, 2.45) is 0 Å². The lowest BCUT2D eigenvalue weighted by atomic mass is 10.0. The molecule has 2 nitrogen and oxygen atoms in total. The van der Waals surface area contributed by atoms with Gasteiger partial charge in [-0.3, -0.25) is 0 Å². The van der Waals surface area contributed by atoms with Crippen LogP contribution in [-0.4, -0.2) is 14.2 Å². The third-order valence-electron chi connectivity index (χ3n) is 3.02. The molecule has 1 aromatic carbocycles. The van der Waals surface area contributed by atoms with Crippen LogP contribution in [0.25, 0.3) is 0 Å². The van der Waals surface area contributed by atoms with E-state index in [1.807, 2.05) is 7.05 Å². The first-order valence-electron chi connectivity index (χ1n) is 5.08. The van der Waals surface area contributed by atoms with Crippen molar-refractivity contribution in [3.63, 3.8) is 0 Å². The van der Waals surface area contributed by atoms with Crippen molar-refractivity contribution in [2.45, 2.75) is 25.0 Å². The zero-order valence-electron chi connectivity index (χ0n) is 8.84. The predicted octanol–water partition coefficient (Wildman–Crippen LogP) is 2.04. The van der Waals surface area contributed by atoms with E-state index in [1.165, 1.54) is 24.0 Å². The number of ether oxygens (including phenoxy) is 1. The molecule has 2 heteroatoms. The maximum absolute atomic E-state index is 5.13. The molecule has 0 saturated heterocycles. The van der Waals surface area contributed by atoms with Crippen LogP contribution >= 0.6 is 0 Å². The summed E-state index contributed by atoms with van der Waals surface area (Å²) in [6.45, 7) is 0.702. The Kier molecular flexibility index (Phi) is 2.57. The van der Waals surface area contributed by atoms with Crippen molar-refractivity contribution in [3.8, 4) is 0 Å². The van der Waals surface area contributed by atoms with Gasteiger partial charge in [0.1, 0.15) is 0 Å². The summed E-state index contributed by atoms with van der Waals surface area (Å²) in [6.07, 6.45) is 2.50. The first-order chi connectivity index (χ1) is 6.80. The van der Waals surface area contributed by atoms with Gasteiger partial charge in [0.2, 0.25) is 0 Å². The molecule has 1 fully saturated rings. The highest BCUT2D eigenvalue weighted by Gasteiger charge is 2.42. The Morgan fingerprint density at radius 2 is 2.21 bits per heavy atom. The van der Waals surface area contributed by atoms with Crippen molar-refractivity contribution < 1.29 is 4.74 Å². The zero-order valence-corrected chi connectivity index (χ0v) is 8.84. The number of nitrogens with one attached hydrogen (secondary N) is 1. The SMILES string of the molecule is CNC1(c2cccc(COC)c2)CC1. The fourth-order valence-electron chi connectivity index (χ4n) is 1.93. The van der Waals surface area contributed by atoms with E-state index in [0.717, 1.165) is 0 Å². The van der Waals surface area contributed by atoms with Crippen molar-refractivity contribution in [1.82, 2.24) is 5.32 Å². The molecule has 1 N–H and O–H groups in total. The Morgan fingerprint density at radius 1 is 1.43 bits per heavy atom. The molecule has 1 aliphatic rings. The van der Waals surface area contributed by atoms with Crippen molar-refractivity contribution in [2.75, 3.05) is 14.2 Å². The fraction of sp³-hybridized carbons (Fsp3) is 0.500. The summed E-state index contributed by atoms with van der Waals surface area (Å²) in [4.78, 5) is 0. The minimum Gasteiger partial charge on any atom is -0.380 e. The molecule has 0 radical (unpaired) electrons. The second kappa shape index (κ2) is 3.71. The molecule has 2 rings (SSSR count). The molecule has 1 aliphatic carbocycles. The van der Waals surface area contributed by atoms with Gasteiger partial charge in [0.25, 0.3) is 0 Å². The van der Waals surface area contributed by atoms with E-state index < -0.39 is 0 Å². The molecule has 0 unspecified atom stereocenters. The molecule has 1 saturated carbocycles. The van der Waals surface area contributed by atoms with Crippen LogP contribution in [0.2, 0.25) is 0 Å². The summed E-state index contributed by atoms with van der Waals surface area (Å²) in [5.41, 5.74) is 2.92. The third kappa shape index (κ3) is 1.68. The van der Waals surface area contributed by atoms with Gasteiger partial charge in [-0.2, -0.15) is 0 Å². The van der Waals surface area contributed by atoms with Gasteiger partial charge in [-0.25, -0.2) is 0 Å². The van der Waals surface area contributed by atoms with E-state index in [2.05, 4.69) is 29.6 Å². The second-order valence-corrected chi connectivity index (χ2v) is 3.97. The molecule has 0 amide bonds. The van der Waals surface area contributed by atoms with E-state index in [-0.39, 0.29) is 5.54 Å². The highest BCUT2D eigenvalue weighted by atomic mass is 16.5. The van der Waals surface area contributed by atoms with Gasteiger partial charge in [0.15, 0.2) is 0 Å². The number of hydrogen-bond acceptors (Lipinski definition) is 2. The topological polar surface area (TPSA) is 21.3 Å². The highest BCUT2D eigenvalue weighted by Crippen LogP contribution is 2.45. The lowest BCUT2D eigenvalue weighted by Gasteiger charge is -2.15. The fourth-order valence-corrected chi connectivity index (χ4v) is 1.93. The molecule has 14 heavy (non-hydrogen) atoms. The Hall–Kier alpha value is -0.860. The summed E-state index contributed by atoms with van der Waals surface area (Å²) in [7, 11) is 3.77. The maximum atomic E-state index is 5.13.